The van der Waals surface area contributed by atoms with Crippen LogP contribution in [0.15, 0.2) is 54.2 Å². The van der Waals surface area contributed by atoms with Crippen LogP contribution >= 0.6 is 0 Å². The summed E-state index contributed by atoms with van der Waals surface area (Å²) in [4.78, 5) is 30.2. The van der Waals surface area contributed by atoms with Crippen LogP contribution < -0.4 is 9.64 Å². The molecule has 1 atom stereocenters. The molecule has 150 valence electrons. The highest BCUT2D eigenvalue weighted by atomic mass is 19.1. The number of amides is 2. The van der Waals surface area contributed by atoms with Gasteiger partial charge in [0.2, 0.25) is 0 Å². The average Bonchev–Trinajstić information content (AvgIpc) is 2.98. The Hall–Kier alpha value is -3.15. The van der Waals surface area contributed by atoms with Crippen LogP contribution in [-0.2, 0) is 9.59 Å². The second kappa shape index (κ2) is 7.70. The lowest BCUT2D eigenvalue weighted by Crippen LogP contribution is -2.39. The van der Waals surface area contributed by atoms with Crippen molar-refractivity contribution >= 4 is 23.1 Å². The summed E-state index contributed by atoms with van der Waals surface area (Å²) in [5.74, 6) is -0.303. The van der Waals surface area contributed by atoms with E-state index in [4.69, 9.17) is 4.74 Å². The van der Waals surface area contributed by atoms with Crippen LogP contribution in [0, 0.1) is 11.7 Å². The van der Waals surface area contributed by atoms with E-state index in [0.29, 0.717) is 47.3 Å². The van der Waals surface area contributed by atoms with Crippen molar-refractivity contribution in [3.63, 3.8) is 0 Å². The number of imide groups is 1. The zero-order chi connectivity index (χ0) is 20.5. The van der Waals surface area contributed by atoms with Crippen molar-refractivity contribution in [1.29, 1.82) is 0 Å². The van der Waals surface area contributed by atoms with Gasteiger partial charge in [-0.15, -0.1) is 0 Å². The van der Waals surface area contributed by atoms with Gasteiger partial charge in [-0.25, -0.2) is 9.29 Å². The molecule has 6 heteroatoms. The molecule has 2 amide bonds. The molecule has 2 aromatic carbocycles. The number of nitrogens with zero attached hydrogens (tertiary/aromatic N) is 2. The van der Waals surface area contributed by atoms with E-state index in [-0.39, 0.29) is 11.7 Å². The van der Waals surface area contributed by atoms with E-state index in [1.807, 2.05) is 4.90 Å². The third-order valence-corrected chi connectivity index (χ3v) is 5.49. The average molecular weight is 394 g/mol. The fourth-order valence-corrected chi connectivity index (χ4v) is 4.11. The number of hydrogen-bond acceptors (Lipinski definition) is 4. The molecule has 2 aliphatic rings. The van der Waals surface area contributed by atoms with Crippen LogP contribution in [0.4, 0.5) is 10.1 Å². The number of anilines is 1. The first-order valence-electron chi connectivity index (χ1n) is 9.78. The zero-order valence-electron chi connectivity index (χ0n) is 16.5. The number of para-hydroxylation sites is 2. The van der Waals surface area contributed by atoms with Gasteiger partial charge in [-0.3, -0.25) is 9.59 Å². The van der Waals surface area contributed by atoms with Crippen LogP contribution in [0.2, 0.25) is 0 Å². The van der Waals surface area contributed by atoms with Crippen LogP contribution in [0.1, 0.15) is 25.3 Å². The van der Waals surface area contributed by atoms with Gasteiger partial charge in [0.05, 0.1) is 18.4 Å². The van der Waals surface area contributed by atoms with E-state index in [2.05, 4.69) is 6.92 Å². The standard InChI is InChI=1S/C23H23FN2O3/c1-15-6-5-13-25(14-15)21-20(16-9-11-17(24)12-10-16)22(27)26(23(21)28)18-7-3-4-8-19(18)29-2/h3-4,7-12,15H,5-6,13-14H2,1-2H3. The number of rotatable bonds is 4. The van der Waals surface area contributed by atoms with Gasteiger partial charge in [-0.05, 0) is 48.6 Å². The summed E-state index contributed by atoms with van der Waals surface area (Å²) in [7, 11) is 1.51. The summed E-state index contributed by atoms with van der Waals surface area (Å²) in [5.41, 5.74) is 1.65. The highest BCUT2D eigenvalue weighted by molar-refractivity contribution is 6.45. The van der Waals surface area contributed by atoms with Gasteiger partial charge >= 0.3 is 0 Å². The second-order valence-electron chi connectivity index (χ2n) is 7.54. The molecule has 2 aliphatic heterocycles. The summed E-state index contributed by atoms with van der Waals surface area (Å²) < 4.78 is 18.9. The summed E-state index contributed by atoms with van der Waals surface area (Å²) in [6.07, 6.45) is 2.05. The summed E-state index contributed by atoms with van der Waals surface area (Å²) in [6, 6.07) is 12.7. The maximum atomic E-state index is 13.5. The second-order valence-corrected chi connectivity index (χ2v) is 7.54. The largest absolute Gasteiger partial charge is 0.495 e. The van der Waals surface area contributed by atoms with Crippen LogP contribution in [0.25, 0.3) is 5.57 Å². The van der Waals surface area contributed by atoms with Gasteiger partial charge in [0.15, 0.2) is 0 Å². The van der Waals surface area contributed by atoms with E-state index in [1.54, 1.807) is 36.4 Å². The monoisotopic (exact) mass is 394 g/mol. The Labute approximate surface area is 169 Å². The fourth-order valence-electron chi connectivity index (χ4n) is 4.11. The molecule has 0 aliphatic carbocycles. The molecule has 4 rings (SSSR count). The Balaban J connectivity index is 1.84. The van der Waals surface area contributed by atoms with E-state index in [9.17, 15) is 14.0 Å². The molecule has 1 saturated heterocycles. The number of carbonyl (C=O) groups is 2. The maximum absolute atomic E-state index is 13.5. The topological polar surface area (TPSA) is 49.9 Å². The minimum Gasteiger partial charge on any atom is -0.495 e. The van der Waals surface area contributed by atoms with Crippen molar-refractivity contribution in [2.24, 2.45) is 5.92 Å². The number of ether oxygens (including phenoxy) is 1. The van der Waals surface area contributed by atoms with Crippen molar-refractivity contribution in [1.82, 2.24) is 4.90 Å². The van der Waals surface area contributed by atoms with E-state index in [0.717, 1.165) is 12.8 Å². The first-order chi connectivity index (χ1) is 14.0. The predicted octanol–water partition coefficient (Wildman–Crippen LogP) is 3.85. The Morgan fingerprint density at radius 1 is 1.03 bits per heavy atom. The Kier molecular flexibility index (Phi) is 5.09. The normalized spacial score (nSPS) is 19.9. The molecule has 1 unspecified atom stereocenters. The molecular weight excluding hydrogens is 371 g/mol. The molecule has 0 radical (unpaired) electrons. The maximum Gasteiger partial charge on any atom is 0.282 e. The highest BCUT2D eigenvalue weighted by Gasteiger charge is 2.44. The molecule has 0 spiro atoms. The number of likely N-dealkylation sites (tertiary alicyclic amines) is 1. The van der Waals surface area contributed by atoms with Gasteiger partial charge in [0.25, 0.3) is 11.8 Å². The van der Waals surface area contributed by atoms with Crippen molar-refractivity contribution in [3.8, 4) is 5.75 Å². The molecule has 0 bridgehead atoms. The molecular formula is C23H23FN2O3. The smallest absolute Gasteiger partial charge is 0.282 e. The van der Waals surface area contributed by atoms with E-state index < -0.39 is 5.91 Å². The fraction of sp³-hybridized carbons (Fsp3) is 0.304. The first kappa shape index (κ1) is 19.2. The van der Waals surface area contributed by atoms with Crippen LogP contribution in [0.5, 0.6) is 5.75 Å². The molecule has 1 fully saturated rings. The lowest BCUT2D eigenvalue weighted by molar-refractivity contribution is -0.120. The number of carbonyl (C=O) groups excluding carboxylic acids is 2. The first-order valence-corrected chi connectivity index (χ1v) is 9.78. The number of halogens is 1. The van der Waals surface area contributed by atoms with Gasteiger partial charge in [-0.2, -0.15) is 0 Å². The molecule has 0 N–H and O–H groups in total. The summed E-state index contributed by atoms with van der Waals surface area (Å²) in [5, 5.41) is 0. The predicted molar refractivity (Wildman–Crippen MR) is 109 cm³/mol. The van der Waals surface area contributed by atoms with Crippen molar-refractivity contribution in [2.45, 2.75) is 19.8 Å². The molecule has 2 aromatic rings. The van der Waals surface area contributed by atoms with Gasteiger partial charge in [-0.1, -0.05) is 31.2 Å². The quantitative estimate of drug-likeness (QED) is 0.739. The minimum absolute atomic E-state index is 0.315. The Morgan fingerprint density at radius 2 is 1.76 bits per heavy atom. The van der Waals surface area contributed by atoms with Crippen LogP contribution in [-0.4, -0.2) is 36.9 Å². The van der Waals surface area contributed by atoms with E-state index in [1.165, 1.54) is 24.1 Å². The zero-order valence-corrected chi connectivity index (χ0v) is 16.5. The highest BCUT2D eigenvalue weighted by Crippen LogP contribution is 2.39. The minimum atomic E-state index is -0.417. The number of benzene rings is 2. The van der Waals surface area contributed by atoms with Gasteiger partial charge < -0.3 is 9.64 Å². The van der Waals surface area contributed by atoms with Crippen molar-refractivity contribution in [3.05, 3.63) is 65.6 Å². The molecule has 29 heavy (non-hydrogen) atoms. The third-order valence-electron chi connectivity index (χ3n) is 5.49. The summed E-state index contributed by atoms with van der Waals surface area (Å²) >= 11 is 0. The molecule has 0 saturated carbocycles. The summed E-state index contributed by atoms with van der Waals surface area (Å²) in [6.45, 7) is 3.56. The number of piperidine rings is 1. The lowest BCUT2D eigenvalue weighted by Gasteiger charge is -2.33. The lowest BCUT2D eigenvalue weighted by atomic mass is 9.98. The Morgan fingerprint density at radius 3 is 2.45 bits per heavy atom. The molecule has 5 nitrogen and oxygen atoms in total. The van der Waals surface area contributed by atoms with Gasteiger partial charge in [0.1, 0.15) is 17.3 Å². The molecule has 2 heterocycles. The van der Waals surface area contributed by atoms with Gasteiger partial charge in [0, 0.05) is 13.1 Å². The third kappa shape index (κ3) is 3.39. The van der Waals surface area contributed by atoms with Crippen LogP contribution in [0.3, 0.4) is 0 Å². The number of methoxy groups -OCH3 is 1. The number of hydrogen-bond donors (Lipinski definition) is 0. The van der Waals surface area contributed by atoms with E-state index >= 15 is 0 Å². The molecule has 0 aromatic heterocycles. The van der Waals surface area contributed by atoms with Crippen molar-refractivity contribution < 1.29 is 18.7 Å². The Bertz CT molecular complexity index is 984. The SMILES string of the molecule is COc1ccccc1N1C(=O)C(c2ccc(F)cc2)=C(N2CCCC(C)C2)C1=O. The van der Waals surface area contributed by atoms with Crippen molar-refractivity contribution in [2.75, 3.05) is 25.1 Å².